The van der Waals surface area contributed by atoms with Crippen LogP contribution in [0.1, 0.15) is 23.6 Å². The first kappa shape index (κ1) is 30.6. The average Bonchev–Trinajstić information content (AvgIpc) is 2.95. The van der Waals surface area contributed by atoms with Gasteiger partial charge in [0.25, 0.3) is 0 Å². The Morgan fingerprint density at radius 2 is 1.60 bits per heavy atom. The number of rotatable bonds is 9. The SMILES string of the molecule is CCOc1ccc(Cc2cc(C3(OC[C@H]4OC(=O)[C@H](O)[C@@H](O)[C@@H]4O)O[C@H](CO)[C@@H](O)[C@H](O)[C@H]3O)ccc2Cl)cc1. The van der Waals surface area contributed by atoms with Gasteiger partial charge < -0.3 is 54.7 Å². The Morgan fingerprint density at radius 3 is 2.25 bits per heavy atom. The van der Waals surface area contributed by atoms with Crippen molar-refractivity contribution in [1.82, 2.24) is 0 Å². The van der Waals surface area contributed by atoms with Crippen LogP contribution in [0.2, 0.25) is 5.02 Å². The van der Waals surface area contributed by atoms with Crippen LogP contribution in [0.25, 0.3) is 0 Å². The zero-order valence-electron chi connectivity index (χ0n) is 21.5. The second-order valence-electron chi connectivity index (χ2n) is 9.70. The number of ether oxygens (including phenoxy) is 4. The molecule has 1 unspecified atom stereocenters. The quantitative estimate of drug-likeness (QED) is 0.178. The highest BCUT2D eigenvalue weighted by atomic mass is 35.5. The highest BCUT2D eigenvalue weighted by Crippen LogP contribution is 2.41. The number of cyclic esters (lactones) is 1. The number of halogens is 1. The Hall–Kier alpha value is -2.36. The second-order valence-corrected chi connectivity index (χ2v) is 10.1. The van der Waals surface area contributed by atoms with Gasteiger partial charge in [-0.3, -0.25) is 0 Å². The maximum Gasteiger partial charge on any atom is 0.338 e. The van der Waals surface area contributed by atoms with Crippen molar-refractivity contribution in [2.75, 3.05) is 19.8 Å². The van der Waals surface area contributed by atoms with Gasteiger partial charge in [-0.2, -0.15) is 0 Å². The van der Waals surface area contributed by atoms with Crippen LogP contribution in [0.15, 0.2) is 42.5 Å². The molecule has 2 heterocycles. The van der Waals surface area contributed by atoms with E-state index in [0.717, 1.165) is 5.56 Å². The van der Waals surface area contributed by atoms with E-state index in [2.05, 4.69) is 0 Å². The standard InChI is InChI=1S/C27H33ClO12/c1-2-37-16-6-3-13(4-7-16)9-14-10-15(5-8-17(14)28)27(25(35)23(33)20(30)18(11-29)40-27)38-12-19-21(31)22(32)24(34)26(36)39-19/h3-8,10,18-25,29-35H,2,9,11-12H2,1H3/t18-,19-,20-,21-,22+,23+,24-,25-,27?/m1/s1. The summed E-state index contributed by atoms with van der Waals surface area (Å²) in [6.45, 7) is 0.963. The summed E-state index contributed by atoms with van der Waals surface area (Å²) in [5, 5.41) is 72.4. The van der Waals surface area contributed by atoms with Crippen molar-refractivity contribution in [3.63, 3.8) is 0 Å². The number of aliphatic hydroxyl groups excluding tert-OH is 7. The van der Waals surface area contributed by atoms with Gasteiger partial charge in [0, 0.05) is 10.6 Å². The normalized spacial score (nSPS) is 34.4. The van der Waals surface area contributed by atoms with Gasteiger partial charge in [0.1, 0.15) is 42.4 Å². The van der Waals surface area contributed by atoms with Crippen molar-refractivity contribution >= 4 is 17.6 Å². The second kappa shape index (κ2) is 12.7. The zero-order chi connectivity index (χ0) is 29.2. The molecular weight excluding hydrogens is 552 g/mol. The zero-order valence-corrected chi connectivity index (χ0v) is 22.3. The number of aliphatic hydroxyl groups is 7. The van der Waals surface area contributed by atoms with E-state index in [-0.39, 0.29) is 5.56 Å². The summed E-state index contributed by atoms with van der Waals surface area (Å²) < 4.78 is 22.2. The summed E-state index contributed by atoms with van der Waals surface area (Å²) >= 11 is 6.48. The fourth-order valence-corrected chi connectivity index (χ4v) is 4.96. The number of carbonyl (C=O) groups is 1. The average molecular weight is 585 g/mol. The first-order chi connectivity index (χ1) is 19.0. The molecule has 2 aromatic rings. The summed E-state index contributed by atoms with van der Waals surface area (Å²) in [5.74, 6) is -2.75. The molecule has 12 nitrogen and oxygen atoms in total. The molecule has 0 spiro atoms. The van der Waals surface area contributed by atoms with E-state index in [0.29, 0.717) is 29.4 Å². The summed E-state index contributed by atoms with van der Waals surface area (Å²) in [6.07, 6.45) is -13.6. The smallest absolute Gasteiger partial charge is 0.338 e. The highest BCUT2D eigenvalue weighted by Gasteiger charge is 2.56. The summed E-state index contributed by atoms with van der Waals surface area (Å²) in [5.41, 5.74) is 1.58. The lowest BCUT2D eigenvalue weighted by Crippen LogP contribution is -2.65. The van der Waals surface area contributed by atoms with Gasteiger partial charge in [0.15, 0.2) is 12.2 Å². The van der Waals surface area contributed by atoms with Crippen LogP contribution in [-0.2, 0) is 31.2 Å². The molecule has 2 aromatic carbocycles. The van der Waals surface area contributed by atoms with E-state index in [1.54, 1.807) is 18.2 Å². The minimum atomic E-state index is -2.25. The third-order valence-corrected chi connectivity index (χ3v) is 7.42. The van der Waals surface area contributed by atoms with Crippen LogP contribution < -0.4 is 4.74 Å². The summed E-state index contributed by atoms with van der Waals surface area (Å²) in [7, 11) is 0. The first-order valence-electron chi connectivity index (χ1n) is 12.7. The summed E-state index contributed by atoms with van der Waals surface area (Å²) in [6, 6.07) is 11.8. The molecule has 9 atom stereocenters. The van der Waals surface area contributed by atoms with Crippen molar-refractivity contribution < 1.29 is 59.5 Å². The van der Waals surface area contributed by atoms with E-state index < -0.39 is 73.8 Å². The molecule has 4 rings (SSSR count). The fraction of sp³-hybridized carbons (Fsp3) is 0.519. The Bertz CT molecular complexity index is 1160. The Morgan fingerprint density at radius 1 is 0.925 bits per heavy atom. The van der Waals surface area contributed by atoms with Crippen molar-refractivity contribution in [3.05, 3.63) is 64.2 Å². The molecule has 220 valence electrons. The Balaban J connectivity index is 1.69. The number of hydrogen-bond acceptors (Lipinski definition) is 12. The molecule has 0 amide bonds. The van der Waals surface area contributed by atoms with Crippen molar-refractivity contribution in [2.45, 2.75) is 68.0 Å². The molecule has 0 bridgehead atoms. The molecule has 2 aliphatic heterocycles. The summed E-state index contributed by atoms with van der Waals surface area (Å²) in [4.78, 5) is 11.9. The van der Waals surface area contributed by atoms with E-state index in [4.69, 9.17) is 30.5 Å². The molecule has 40 heavy (non-hydrogen) atoms. The molecule has 7 N–H and O–H groups in total. The van der Waals surface area contributed by atoms with Gasteiger partial charge in [-0.15, -0.1) is 0 Å². The number of benzene rings is 2. The Labute approximate surface area is 234 Å². The molecule has 0 aromatic heterocycles. The van der Waals surface area contributed by atoms with Crippen molar-refractivity contribution in [3.8, 4) is 5.75 Å². The number of hydrogen-bond donors (Lipinski definition) is 7. The molecular formula is C27H33ClO12. The van der Waals surface area contributed by atoms with E-state index >= 15 is 0 Å². The van der Waals surface area contributed by atoms with Crippen LogP contribution in [0, 0.1) is 0 Å². The molecule has 0 radical (unpaired) electrons. The fourth-order valence-electron chi connectivity index (χ4n) is 4.77. The van der Waals surface area contributed by atoms with Crippen LogP contribution in [0.3, 0.4) is 0 Å². The highest BCUT2D eigenvalue weighted by molar-refractivity contribution is 6.31. The Kier molecular flexibility index (Phi) is 9.68. The van der Waals surface area contributed by atoms with Gasteiger partial charge in [-0.1, -0.05) is 29.8 Å². The number of esters is 1. The lowest BCUT2D eigenvalue weighted by Gasteiger charge is -2.49. The predicted molar refractivity (Wildman–Crippen MR) is 137 cm³/mol. The lowest BCUT2D eigenvalue weighted by atomic mass is 9.86. The molecule has 13 heteroatoms. The van der Waals surface area contributed by atoms with Gasteiger partial charge in [0.05, 0.1) is 19.8 Å². The molecule has 2 fully saturated rings. The maximum absolute atomic E-state index is 11.9. The number of carbonyl (C=O) groups excluding carboxylic acids is 1. The third-order valence-electron chi connectivity index (χ3n) is 7.05. The minimum absolute atomic E-state index is 0.131. The predicted octanol–water partition coefficient (Wildman–Crippen LogP) is -1.02. The third kappa shape index (κ3) is 5.97. The van der Waals surface area contributed by atoms with Crippen LogP contribution in [0.4, 0.5) is 0 Å². The molecule has 0 aliphatic carbocycles. The van der Waals surface area contributed by atoms with Crippen molar-refractivity contribution in [1.29, 1.82) is 0 Å². The van der Waals surface area contributed by atoms with E-state index in [1.165, 1.54) is 12.1 Å². The van der Waals surface area contributed by atoms with Gasteiger partial charge in [-0.05, 0) is 48.7 Å². The molecule has 2 saturated heterocycles. The minimum Gasteiger partial charge on any atom is -0.494 e. The van der Waals surface area contributed by atoms with Gasteiger partial charge in [0.2, 0.25) is 5.79 Å². The largest absolute Gasteiger partial charge is 0.494 e. The van der Waals surface area contributed by atoms with E-state index in [1.807, 2.05) is 19.1 Å². The van der Waals surface area contributed by atoms with Crippen LogP contribution >= 0.6 is 11.6 Å². The van der Waals surface area contributed by atoms with Crippen LogP contribution in [-0.4, -0.2) is 110 Å². The van der Waals surface area contributed by atoms with Crippen LogP contribution in [0.5, 0.6) is 5.75 Å². The first-order valence-corrected chi connectivity index (χ1v) is 13.1. The van der Waals surface area contributed by atoms with Gasteiger partial charge in [-0.25, -0.2) is 4.79 Å². The topological polar surface area (TPSA) is 196 Å². The molecule has 2 aliphatic rings. The monoisotopic (exact) mass is 584 g/mol. The van der Waals surface area contributed by atoms with E-state index in [9.17, 15) is 40.5 Å². The molecule has 0 saturated carbocycles. The van der Waals surface area contributed by atoms with Gasteiger partial charge >= 0.3 is 5.97 Å². The lowest BCUT2D eigenvalue weighted by molar-refractivity contribution is -0.378. The van der Waals surface area contributed by atoms with Crippen molar-refractivity contribution in [2.24, 2.45) is 0 Å². The maximum atomic E-state index is 11.9.